The molecule has 3 rings (SSSR count). The van der Waals surface area contributed by atoms with Gasteiger partial charge in [-0.25, -0.2) is 17.5 Å². The van der Waals surface area contributed by atoms with Crippen LogP contribution in [-0.4, -0.2) is 43.3 Å². The molecule has 0 atom stereocenters. The SMILES string of the molecule is Cc1cccc(C(=O)N2CCC(NS(=O)(=O)c3ccc(F)cc3)CC2)c1[N+](=O)[O-]. The van der Waals surface area contributed by atoms with Gasteiger partial charge in [0.1, 0.15) is 11.4 Å². The molecule has 154 valence electrons. The van der Waals surface area contributed by atoms with E-state index in [0.717, 1.165) is 12.1 Å². The van der Waals surface area contributed by atoms with Crippen LogP contribution < -0.4 is 4.72 Å². The van der Waals surface area contributed by atoms with Crippen molar-refractivity contribution in [1.29, 1.82) is 0 Å². The third-order valence-electron chi connectivity index (χ3n) is 4.88. The fourth-order valence-corrected chi connectivity index (χ4v) is 4.65. The van der Waals surface area contributed by atoms with Crippen LogP contribution in [0.25, 0.3) is 0 Å². The average Bonchev–Trinajstić information content (AvgIpc) is 2.67. The summed E-state index contributed by atoms with van der Waals surface area (Å²) in [5, 5.41) is 11.3. The van der Waals surface area contributed by atoms with Crippen LogP contribution in [0.3, 0.4) is 0 Å². The molecule has 2 aromatic carbocycles. The molecule has 8 nitrogen and oxygen atoms in total. The van der Waals surface area contributed by atoms with Crippen molar-refractivity contribution in [3.8, 4) is 0 Å². The number of nitrogens with one attached hydrogen (secondary N) is 1. The highest BCUT2D eigenvalue weighted by Gasteiger charge is 2.30. The van der Waals surface area contributed by atoms with Gasteiger partial charge in [0.15, 0.2) is 0 Å². The second-order valence-corrected chi connectivity index (χ2v) is 8.58. The van der Waals surface area contributed by atoms with Gasteiger partial charge in [0.2, 0.25) is 10.0 Å². The van der Waals surface area contributed by atoms with Gasteiger partial charge in [0.25, 0.3) is 11.6 Å². The predicted octanol–water partition coefficient (Wildman–Crippen LogP) is 2.63. The summed E-state index contributed by atoms with van der Waals surface area (Å²) < 4.78 is 40.4. The van der Waals surface area contributed by atoms with Crippen LogP contribution in [0, 0.1) is 22.9 Å². The number of carbonyl (C=O) groups is 1. The van der Waals surface area contributed by atoms with E-state index in [1.54, 1.807) is 19.1 Å². The monoisotopic (exact) mass is 421 g/mol. The van der Waals surface area contributed by atoms with Crippen molar-refractivity contribution in [2.45, 2.75) is 30.7 Å². The number of hydrogen-bond donors (Lipinski definition) is 1. The van der Waals surface area contributed by atoms with Gasteiger partial charge in [0.05, 0.1) is 9.82 Å². The second-order valence-electron chi connectivity index (χ2n) is 6.87. The number of benzene rings is 2. The number of hydrogen-bond acceptors (Lipinski definition) is 5. The number of likely N-dealkylation sites (tertiary alicyclic amines) is 1. The Kier molecular flexibility index (Phi) is 5.94. The van der Waals surface area contributed by atoms with E-state index in [2.05, 4.69) is 4.72 Å². The fraction of sp³-hybridized carbons (Fsp3) is 0.316. The zero-order valence-corrected chi connectivity index (χ0v) is 16.5. The van der Waals surface area contributed by atoms with Gasteiger partial charge < -0.3 is 4.90 Å². The van der Waals surface area contributed by atoms with Crippen LogP contribution in [0.4, 0.5) is 10.1 Å². The summed E-state index contributed by atoms with van der Waals surface area (Å²) in [6, 6.07) is 8.73. The molecule has 0 bridgehead atoms. The van der Waals surface area contributed by atoms with Crippen molar-refractivity contribution in [1.82, 2.24) is 9.62 Å². The predicted molar refractivity (Wildman–Crippen MR) is 103 cm³/mol. The van der Waals surface area contributed by atoms with Crippen LogP contribution in [0.2, 0.25) is 0 Å². The van der Waals surface area contributed by atoms with Crippen molar-refractivity contribution in [2.24, 2.45) is 0 Å². The maximum absolute atomic E-state index is 13.0. The minimum Gasteiger partial charge on any atom is -0.338 e. The highest BCUT2D eigenvalue weighted by atomic mass is 32.2. The summed E-state index contributed by atoms with van der Waals surface area (Å²) in [5.41, 5.74) is 0.222. The summed E-state index contributed by atoms with van der Waals surface area (Å²) in [4.78, 5) is 25.0. The summed E-state index contributed by atoms with van der Waals surface area (Å²) >= 11 is 0. The van der Waals surface area contributed by atoms with Crippen molar-refractivity contribution < 1.29 is 22.5 Å². The van der Waals surface area contributed by atoms with Crippen molar-refractivity contribution in [2.75, 3.05) is 13.1 Å². The smallest absolute Gasteiger partial charge is 0.285 e. The lowest BCUT2D eigenvalue weighted by molar-refractivity contribution is -0.385. The van der Waals surface area contributed by atoms with Crippen molar-refractivity contribution in [3.05, 3.63) is 69.5 Å². The van der Waals surface area contributed by atoms with Crippen molar-refractivity contribution in [3.63, 3.8) is 0 Å². The number of nitro groups is 1. The van der Waals surface area contributed by atoms with Gasteiger partial charge in [-0.15, -0.1) is 0 Å². The Bertz CT molecular complexity index is 1030. The molecule has 1 N–H and O–H groups in total. The minimum absolute atomic E-state index is 0.0281. The molecule has 2 aromatic rings. The Morgan fingerprint density at radius 1 is 1.17 bits per heavy atom. The fourth-order valence-electron chi connectivity index (χ4n) is 3.35. The normalized spacial score (nSPS) is 15.3. The van der Waals surface area contributed by atoms with Crippen LogP contribution in [-0.2, 0) is 10.0 Å². The van der Waals surface area contributed by atoms with Crippen LogP contribution in [0.5, 0.6) is 0 Å². The van der Waals surface area contributed by atoms with Gasteiger partial charge in [-0.1, -0.05) is 12.1 Å². The Morgan fingerprint density at radius 3 is 2.38 bits per heavy atom. The maximum atomic E-state index is 13.0. The van der Waals surface area contributed by atoms with Gasteiger partial charge in [0, 0.05) is 24.7 Å². The third-order valence-corrected chi connectivity index (χ3v) is 6.42. The molecule has 0 spiro atoms. The molecule has 10 heteroatoms. The number of aryl methyl sites for hydroxylation is 1. The molecule has 1 aliphatic heterocycles. The molecular weight excluding hydrogens is 401 g/mol. The molecule has 1 aliphatic rings. The number of carbonyl (C=O) groups excluding carboxylic acids is 1. The van der Waals surface area contributed by atoms with E-state index in [4.69, 9.17) is 0 Å². The lowest BCUT2D eigenvalue weighted by Crippen LogP contribution is -2.46. The lowest BCUT2D eigenvalue weighted by atomic mass is 10.0. The average molecular weight is 421 g/mol. The number of rotatable bonds is 5. The largest absolute Gasteiger partial charge is 0.338 e. The first-order valence-corrected chi connectivity index (χ1v) is 10.5. The molecule has 29 heavy (non-hydrogen) atoms. The topological polar surface area (TPSA) is 110 Å². The molecule has 0 radical (unpaired) electrons. The number of piperidine rings is 1. The van der Waals surface area contributed by atoms with Crippen molar-refractivity contribution >= 4 is 21.6 Å². The van der Waals surface area contributed by atoms with Crippen LogP contribution >= 0.6 is 0 Å². The van der Waals surface area contributed by atoms with Crippen LogP contribution in [0.15, 0.2) is 47.4 Å². The van der Waals surface area contributed by atoms with E-state index in [0.29, 0.717) is 18.4 Å². The molecular formula is C19H20FN3O5S. The summed E-state index contributed by atoms with van der Waals surface area (Å²) in [6.07, 6.45) is 0.734. The van der Waals surface area contributed by atoms with E-state index in [1.165, 1.54) is 23.1 Å². The van der Waals surface area contributed by atoms with E-state index in [-0.39, 0.29) is 35.3 Å². The Morgan fingerprint density at radius 2 is 1.79 bits per heavy atom. The Labute approximate surface area is 167 Å². The molecule has 1 amide bonds. The molecule has 0 aromatic heterocycles. The van der Waals surface area contributed by atoms with Gasteiger partial charge in [-0.3, -0.25) is 14.9 Å². The van der Waals surface area contributed by atoms with E-state index < -0.39 is 26.7 Å². The summed E-state index contributed by atoms with van der Waals surface area (Å²) in [5.74, 6) is -0.971. The third kappa shape index (κ3) is 4.60. The number of amides is 1. The Balaban J connectivity index is 1.67. The Hall–Kier alpha value is -2.85. The quantitative estimate of drug-likeness (QED) is 0.590. The first-order chi connectivity index (χ1) is 13.7. The second kappa shape index (κ2) is 8.26. The first-order valence-electron chi connectivity index (χ1n) is 9.00. The number of para-hydroxylation sites is 1. The minimum atomic E-state index is -3.80. The molecule has 0 unspecified atom stereocenters. The molecule has 1 heterocycles. The lowest BCUT2D eigenvalue weighted by Gasteiger charge is -2.32. The first kappa shape index (κ1) is 20.9. The highest BCUT2D eigenvalue weighted by molar-refractivity contribution is 7.89. The maximum Gasteiger partial charge on any atom is 0.285 e. The highest BCUT2D eigenvalue weighted by Crippen LogP contribution is 2.26. The zero-order chi connectivity index (χ0) is 21.2. The standard InChI is InChI=1S/C19H20FN3O5S/c1-13-3-2-4-17(18(13)23(25)26)19(24)22-11-9-15(10-12-22)21-29(27,28)16-7-5-14(20)6-8-16/h2-8,15,21H,9-12H2,1H3. The molecule has 1 saturated heterocycles. The molecule has 0 saturated carbocycles. The van der Waals surface area contributed by atoms with Crippen LogP contribution in [0.1, 0.15) is 28.8 Å². The van der Waals surface area contributed by atoms with E-state index >= 15 is 0 Å². The number of nitro benzene ring substituents is 1. The zero-order valence-electron chi connectivity index (χ0n) is 15.7. The molecule has 0 aliphatic carbocycles. The van der Waals surface area contributed by atoms with E-state index in [9.17, 15) is 27.7 Å². The van der Waals surface area contributed by atoms with Gasteiger partial charge >= 0.3 is 0 Å². The van der Waals surface area contributed by atoms with Gasteiger partial charge in [-0.05, 0) is 50.1 Å². The number of nitrogens with zero attached hydrogens (tertiary/aromatic N) is 2. The summed E-state index contributed by atoms with van der Waals surface area (Å²) in [7, 11) is -3.80. The summed E-state index contributed by atoms with van der Waals surface area (Å²) in [6.45, 7) is 2.10. The number of halogens is 1. The number of sulfonamides is 1. The molecule has 1 fully saturated rings. The van der Waals surface area contributed by atoms with Gasteiger partial charge in [-0.2, -0.15) is 0 Å². The van der Waals surface area contributed by atoms with E-state index in [1.807, 2.05) is 0 Å².